The molecule has 0 aliphatic heterocycles. The van der Waals surface area contributed by atoms with Crippen molar-refractivity contribution in [2.75, 3.05) is 0 Å². The Bertz CT molecular complexity index is 565. The van der Waals surface area contributed by atoms with Gasteiger partial charge >= 0.3 is 0 Å². The van der Waals surface area contributed by atoms with E-state index in [4.69, 9.17) is 4.42 Å². The van der Waals surface area contributed by atoms with Gasteiger partial charge in [0, 0.05) is 11.3 Å². The van der Waals surface area contributed by atoms with Crippen LogP contribution in [0.15, 0.2) is 28.7 Å². The van der Waals surface area contributed by atoms with Crippen molar-refractivity contribution in [2.45, 2.75) is 20.3 Å². The van der Waals surface area contributed by atoms with Crippen molar-refractivity contribution in [3.05, 3.63) is 35.6 Å². The van der Waals surface area contributed by atoms with Gasteiger partial charge in [0.05, 0.1) is 0 Å². The van der Waals surface area contributed by atoms with E-state index in [1.165, 1.54) is 0 Å². The Labute approximate surface area is 94.3 Å². The number of hydrogen-bond donors (Lipinski definition) is 0. The van der Waals surface area contributed by atoms with Gasteiger partial charge in [-0.2, -0.15) is 0 Å². The Morgan fingerprint density at radius 1 is 1.44 bits per heavy atom. The van der Waals surface area contributed by atoms with Crippen LogP contribution in [-0.4, -0.2) is 5.78 Å². The molecule has 3 rings (SSSR count). The molecule has 2 nitrogen and oxygen atoms in total. The van der Waals surface area contributed by atoms with Gasteiger partial charge in [0.2, 0.25) is 5.78 Å². The van der Waals surface area contributed by atoms with Crippen LogP contribution in [0.4, 0.5) is 0 Å². The Balaban J connectivity index is 2.05. The molecule has 0 saturated heterocycles. The second-order valence-electron chi connectivity index (χ2n) is 4.79. The highest BCUT2D eigenvalue weighted by Gasteiger charge is 2.40. The normalized spacial score (nSPS) is 23.6. The lowest BCUT2D eigenvalue weighted by Gasteiger charge is -1.93. The van der Waals surface area contributed by atoms with Gasteiger partial charge in [0.1, 0.15) is 5.58 Å². The van der Waals surface area contributed by atoms with Crippen LogP contribution in [0.2, 0.25) is 0 Å². The monoisotopic (exact) mass is 214 g/mol. The van der Waals surface area contributed by atoms with Crippen molar-refractivity contribution in [1.29, 1.82) is 0 Å². The van der Waals surface area contributed by atoms with Crippen LogP contribution in [0.25, 0.3) is 11.0 Å². The van der Waals surface area contributed by atoms with Crippen LogP contribution in [0, 0.1) is 18.8 Å². The van der Waals surface area contributed by atoms with Gasteiger partial charge in [0.25, 0.3) is 0 Å². The van der Waals surface area contributed by atoms with E-state index in [1.54, 1.807) is 0 Å². The number of ketones is 1. The van der Waals surface area contributed by atoms with Gasteiger partial charge in [-0.3, -0.25) is 4.79 Å². The molecule has 82 valence electrons. The molecule has 1 heterocycles. The van der Waals surface area contributed by atoms with Crippen molar-refractivity contribution in [3.63, 3.8) is 0 Å². The zero-order valence-electron chi connectivity index (χ0n) is 9.49. The van der Waals surface area contributed by atoms with Crippen molar-refractivity contribution in [3.8, 4) is 0 Å². The highest BCUT2D eigenvalue weighted by atomic mass is 16.3. The average molecular weight is 214 g/mol. The molecule has 2 aromatic rings. The summed E-state index contributed by atoms with van der Waals surface area (Å²) in [6.07, 6.45) is 1.01. The van der Waals surface area contributed by atoms with Crippen molar-refractivity contribution in [1.82, 2.24) is 0 Å². The third kappa shape index (κ3) is 1.37. The van der Waals surface area contributed by atoms with Gasteiger partial charge in [-0.05, 0) is 30.9 Å². The second-order valence-corrected chi connectivity index (χ2v) is 4.79. The second kappa shape index (κ2) is 3.21. The molecule has 1 saturated carbocycles. The molecule has 1 aromatic carbocycles. The lowest BCUT2D eigenvalue weighted by Crippen LogP contribution is -2.00. The van der Waals surface area contributed by atoms with E-state index in [9.17, 15) is 4.79 Å². The van der Waals surface area contributed by atoms with Crippen molar-refractivity contribution < 1.29 is 9.21 Å². The topological polar surface area (TPSA) is 30.2 Å². The third-order valence-corrected chi connectivity index (χ3v) is 3.43. The molecule has 0 radical (unpaired) electrons. The molecule has 0 bridgehead atoms. The van der Waals surface area contributed by atoms with Crippen LogP contribution in [0.5, 0.6) is 0 Å². The predicted molar refractivity (Wildman–Crippen MR) is 62.6 cm³/mol. The molecule has 1 fully saturated rings. The summed E-state index contributed by atoms with van der Waals surface area (Å²) < 4.78 is 5.66. The smallest absolute Gasteiger partial charge is 0.201 e. The Kier molecular flexibility index (Phi) is 1.93. The highest BCUT2D eigenvalue weighted by Crippen LogP contribution is 2.41. The first-order valence-corrected chi connectivity index (χ1v) is 5.70. The lowest BCUT2D eigenvalue weighted by molar-refractivity contribution is 0.0937. The van der Waals surface area contributed by atoms with Crippen LogP contribution in [0.1, 0.15) is 29.5 Å². The summed E-state index contributed by atoms with van der Waals surface area (Å²) in [5.41, 5.74) is 1.93. The minimum Gasteiger partial charge on any atom is -0.453 e. The maximum atomic E-state index is 12.0. The Hall–Kier alpha value is -1.57. The number of para-hydroxylation sites is 1. The number of rotatable bonds is 2. The number of benzene rings is 1. The van der Waals surface area contributed by atoms with Crippen LogP contribution in [-0.2, 0) is 0 Å². The fourth-order valence-electron chi connectivity index (χ4n) is 2.20. The fourth-order valence-corrected chi connectivity index (χ4v) is 2.20. The van der Waals surface area contributed by atoms with Crippen LogP contribution < -0.4 is 0 Å². The van der Waals surface area contributed by atoms with Gasteiger partial charge in [-0.1, -0.05) is 25.1 Å². The number of furan rings is 1. The van der Waals surface area contributed by atoms with Gasteiger partial charge in [-0.25, -0.2) is 0 Å². The molecular weight excluding hydrogens is 200 g/mol. The average Bonchev–Trinajstić information content (AvgIpc) is 2.81. The standard InChI is InChI=1S/C14H14O2/c1-8-4-3-5-10-7-12(16-14(8)10)13(15)11-6-9(11)2/h3-5,7,9,11H,6H2,1-2H3. The molecule has 2 unspecified atom stereocenters. The number of hydrogen-bond acceptors (Lipinski definition) is 2. The van der Waals surface area contributed by atoms with Gasteiger partial charge in [-0.15, -0.1) is 0 Å². The van der Waals surface area contributed by atoms with E-state index in [1.807, 2.05) is 31.2 Å². The van der Waals surface area contributed by atoms with Crippen LogP contribution >= 0.6 is 0 Å². The van der Waals surface area contributed by atoms with Crippen LogP contribution in [0.3, 0.4) is 0 Å². The summed E-state index contributed by atoms with van der Waals surface area (Å²) in [4.78, 5) is 12.0. The zero-order valence-corrected chi connectivity index (χ0v) is 9.49. The summed E-state index contributed by atoms with van der Waals surface area (Å²) >= 11 is 0. The Morgan fingerprint density at radius 2 is 2.19 bits per heavy atom. The maximum Gasteiger partial charge on any atom is 0.201 e. The molecule has 1 aliphatic carbocycles. The fraction of sp³-hybridized carbons (Fsp3) is 0.357. The summed E-state index contributed by atoms with van der Waals surface area (Å²) in [7, 11) is 0. The van der Waals surface area contributed by atoms with Crippen molar-refractivity contribution in [2.24, 2.45) is 11.8 Å². The molecule has 1 aromatic heterocycles. The third-order valence-electron chi connectivity index (χ3n) is 3.43. The largest absolute Gasteiger partial charge is 0.453 e. The highest BCUT2D eigenvalue weighted by molar-refractivity contribution is 6.00. The summed E-state index contributed by atoms with van der Waals surface area (Å²) in [6, 6.07) is 7.84. The first-order valence-electron chi connectivity index (χ1n) is 5.70. The molecule has 16 heavy (non-hydrogen) atoms. The molecule has 1 aliphatic rings. The summed E-state index contributed by atoms with van der Waals surface area (Å²) in [6.45, 7) is 4.11. The van der Waals surface area contributed by atoms with Crippen molar-refractivity contribution >= 4 is 16.8 Å². The zero-order chi connectivity index (χ0) is 11.3. The molecule has 0 spiro atoms. The predicted octanol–water partition coefficient (Wildman–Crippen LogP) is 3.58. The van der Waals surface area contributed by atoms with E-state index < -0.39 is 0 Å². The summed E-state index contributed by atoms with van der Waals surface area (Å²) in [5.74, 6) is 1.42. The number of carbonyl (C=O) groups is 1. The molecule has 0 N–H and O–H groups in total. The Morgan fingerprint density at radius 3 is 2.81 bits per heavy atom. The molecule has 2 heteroatoms. The molecule has 2 atom stereocenters. The van der Waals surface area contributed by atoms with Gasteiger partial charge in [0.15, 0.2) is 5.76 Å². The van der Waals surface area contributed by atoms with E-state index in [-0.39, 0.29) is 11.7 Å². The van der Waals surface area contributed by atoms with E-state index in [0.29, 0.717) is 11.7 Å². The molecule has 0 amide bonds. The first-order chi connectivity index (χ1) is 7.66. The van der Waals surface area contributed by atoms with E-state index in [2.05, 4.69) is 6.92 Å². The number of Topliss-reactive ketones (excluding diaryl/α,β-unsaturated/α-hetero) is 1. The minimum atomic E-state index is 0.170. The number of aryl methyl sites for hydroxylation is 1. The van der Waals surface area contributed by atoms with Gasteiger partial charge < -0.3 is 4.42 Å². The maximum absolute atomic E-state index is 12.0. The number of carbonyl (C=O) groups excluding carboxylic acids is 1. The van der Waals surface area contributed by atoms with E-state index >= 15 is 0 Å². The van der Waals surface area contributed by atoms with E-state index in [0.717, 1.165) is 23.0 Å². The lowest BCUT2D eigenvalue weighted by atomic mass is 10.1. The summed E-state index contributed by atoms with van der Waals surface area (Å²) in [5, 5.41) is 1.02. The molecular formula is C14H14O2. The number of fused-ring (bicyclic) bond motifs is 1. The SMILES string of the molecule is Cc1cccc2cc(C(=O)C3CC3C)oc12. The minimum absolute atomic E-state index is 0.170. The first kappa shape index (κ1) is 9.64. The quantitative estimate of drug-likeness (QED) is 0.715.